The van der Waals surface area contributed by atoms with Crippen molar-refractivity contribution in [2.45, 2.75) is 13.0 Å². The Kier molecular flexibility index (Phi) is 5.26. The monoisotopic (exact) mass is 496 g/mol. The quantitative estimate of drug-likeness (QED) is 0.197. The van der Waals surface area contributed by atoms with Crippen LogP contribution in [0.15, 0.2) is 78.6 Å². The lowest BCUT2D eigenvalue weighted by Gasteiger charge is -2.21. The number of carbonyl (C=O) groups excluding carboxylic acids is 2. The number of Topliss-reactive ketones (excluding diaryl/α,β-unsaturated/α-hetero) is 1. The lowest BCUT2D eigenvalue weighted by atomic mass is 9.98. The number of aliphatic hydroxyl groups is 1. The van der Waals surface area contributed by atoms with Gasteiger partial charge in [-0.1, -0.05) is 35.6 Å². The van der Waals surface area contributed by atoms with Gasteiger partial charge in [0.05, 0.1) is 28.1 Å². The van der Waals surface area contributed by atoms with Gasteiger partial charge in [0, 0.05) is 28.9 Å². The van der Waals surface area contributed by atoms with Crippen LogP contribution in [0.25, 0.3) is 26.9 Å². The topological polar surface area (TPSA) is 108 Å². The molecule has 1 unspecified atom stereocenters. The fraction of sp³-hybridized carbons (Fsp3) is 0.111. The first kappa shape index (κ1) is 22.0. The molecule has 1 fully saturated rings. The third-order valence-corrected chi connectivity index (χ3v) is 7.14. The van der Waals surface area contributed by atoms with Gasteiger partial charge in [-0.2, -0.15) is 0 Å². The Morgan fingerprint density at radius 1 is 1.14 bits per heavy atom. The fourth-order valence-electron chi connectivity index (χ4n) is 4.51. The van der Waals surface area contributed by atoms with Crippen molar-refractivity contribution < 1.29 is 19.4 Å². The van der Waals surface area contributed by atoms with Crippen LogP contribution in [0.4, 0.5) is 5.13 Å². The van der Waals surface area contributed by atoms with Crippen LogP contribution in [0.1, 0.15) is 24.2 Å². The molecular formula is C27H20N4O4S. The summed E-state index contributed by atoms with van der Waals surface area (Å²) in [4.78, 5) is 40.3. The lowest BCUT2D eigenvalue weighted by Crippen LogP contribution is -2.29. The van der Waals surface area contributed by atoms with Gasteiger partial charge in [0.1, 0.15) is 17.6 Å². The van der Waals surface area contributed by atoms with Crippen LogP contribution in [0.2, 0.25) is 0 Å². The van der Waals surface area contributed by atoms with Gasteiger partial charge in [0.25, 0.3) is 5.78 Å². The zero-order valence-electron chi connectivity index (χ0n) is 19.1. The maximum atomic E-state index is 13.4. The van der Waals surface area contributed by atoms with E-state index in [4.69, 9.17) is 4.74 Å². The van der Waals surface area contributed by atoms with Crippen LogP contribution in [-0.4, -0.2) is 38.4 Å². The highest BCUT2D eigenvalue weighted by atomic mass is 32.1. The average molecular weight is 497 g/mol. The van der Waals surface area contributed by atoms with Crippen molar-refractivity contribution in [3.8, 4) is 5.75 Å². The van der Waals surface area contributed by atoms with Crippen molar-refractivity contribution in [2.24, 2.45) is 0 Å². The number of aromatic amines is 1. The Labute approximate surface area is 209 Å². The molecule has 3 aromatic heterocycles. The van der Waals surface area contributed by atoms with Crippen LogP contribution < -0.4 is 9.64 Å². The van der Waals surface area contributed by atoms with Gasteiger partial charge in [0.2, 0.25) is 0 Å². The summed E-state index contributed by atoms with van der Waals surface area (Å²) in [5.41, 5.74) is 2.34. The summed E-state index contributed by atoms with van der Waals surface area (Å²) in [5.74, 6) is -1.12. The summed E-state index contributed by atoms with van der Waals surface area (Å²) in [6.07, 6.45) is 3.23. The molecule has 0 aliphatic carbocycles. The van der Waals surface area contributed by atoms with E-state index >= 15 is 0 Å². The largest absolute Gasteiger partial charge is 0.507 e. The number of hydrogen-bond acceptors (Lipinski definition) is 7. The molecule has 0 saturated carbocycles. The number of thiazole rings is 1. The van der Waals surface area contributed by atoms with Crippen molar-refractivity contribution in [2.75, 3.05) is 11.5 Å². The van der Waals surface area contributed by atoms with Crippen molar-refractivity contribution in [3.05, 3.63) is 89.9 Å². The predicted molar refractivity (Wildman–Crippen MR) is 138 cm³/mol. The fourth-order valence-corrected chi connectivity index (χ4v) is 5.53. The molecule has 1 amide bonds. The first-order valence-corrected chi connectivity index (χ1v) is 12.2. The molecule has 1 atom stereocenters. The number of carbonyl (C=O) groups is 2. The highest BCUT2D eigenvalue weighted by Gasteiger charge is 2.49. The standard InChI is InChI=1S/C27H20N4O4S/c1-2-35-15-10-11-19-21(13-15)36-27(30-19)31-23(20-9-5-6-12-28-20)22(25(33)26(31)34)24(32)17-14-29-18-8-4-3-7-16(17)18/h3-14,23,29,32H,2H2,1H3/b24-22+. The number of anilines is 1. The number of aromatic nitrogens is 3. The zero-order valence-corrected chi connectivity index (χ0v) is 20.0. The average Bonchev–Trinajstić information content (AvgIpc) is 3.58. The summed E-state index contributed by atoms with van der Waals surface area (Å²) >= 11 is 1.28. The number of H-pyrrole nitrogens is 1. The van der Waals surface area contributed by atoms with E-state index in [0.717, 1.165) is 15.6 Å². The number of nitrogens with one attached hydrogen (secondary N) is 1. The van der Waals surface area contributed by atoms with Crippen molar-refractivity contribution in [1.82, 2.24) is 15.0 Å². The van der Waals surface area contributed by atoms with E-state index in [1.807, 2.05) is 49.4 Å². The van der Waals surface area contributed by atoms with E-state index in [-0.39, 0.29) is 11.3 Å². The summed E-state index contributed by atoms with van der Waals surface area (Å²) in [6.45, 7) is 2.43. The maximum absolute atomic E-state index is 13.4. The highest BCUT2D eigenvalue weighted by molar-refractivity contribution is 7.22. The third-order valence-electron chi connectivity index (χ3n) is 6.12. The number of hydrogen-bond donors (Lipinski definition) is 2. The number of aliphatic hydroxyl groups excluding tert-OH is 1. The SMILES string of the molecule is CCOc1ccc2nc(N3C(=O)C(=O)/C(=C(/O)c4c[nH]c5ccccc45)C3c3ccccn3)sc2c1. The second kappa shape index (κ2) is 8.62. The Bertz CT molecular complexity index is 1670. The first-order chi connectivity index (χ1) is 17.6. The molecule has 36 heavy (non-hydrogen) atoms. The molecule has 4 heterocycles. The highest BCUT2D eigenvalue weighted by Crippen LogP contribution is 2.44. The molecule has 0 spiro atoms. The van der Waals surface area contributed by atoms with Crippen molar-refractivity contribution in [3.63, 3.8) is 0 Å². The number of nitrogens with zero attached hydrogens (tertiary/aromatic N) is 3. The molecule has 6 rings (SSSR count). The third kappa shape index (κ3) is 3.44. The predicted octanol–water partition coefficient (Wildman–Crippen LogP) is 5.20. The molecule has 1 aliphatic rings. The molecule has 1 aliphatic heterocycles. The van der Waals surface area contributed by atoms with E-state index in [2.05, 4.69) is 15.0 Å². The Morgan fingerprint density at radius 2 is 1.97 bits per heavy atom. The summed E-state index contributed by atoms with van der Waals surface area (Å²) in [7, 11) is 0. The number of para-hydroxylation sites is 1. The molecular weight excluding hydrogens is 476 g/mol. The van der Waals surface area contributed by atoms with E-state index in [1.165, 1.54) is 16.2 Å². The normalized spacial score (nSPS) is 17.4. The molecule has 1 saturated heterocycles. The van der Waals surface area contributed by atoms with Crippen molar-refractivity contribution >= 4 is 55.0 Å². The summed E-state index contributed by atoms with van der Waals surface area (Å²) in [6, 6.07) is 17.3. The van der Waals surface area contributed by atoms with Gasteiger partial charge in [-0.3, -0.25) is 19.5 Å². The van der Waals surface area contributed by atoms with Gasteiger partial charge in [-0.15, -0.1) is 0 Å². The van der Waals surface area contributed by atoms with Crippen LogP contribution in [0.5, 0.6) is 5.75 Å². The second-order valence-corrected chi connectivity index (χ2v) is 9.24. The minimum Gasteiger partial charge on any atom is -0.507 e. The molecule has 9 heteroatoms. The molecule has 2 aromatic carbocycles. The number of amides is 1. The molecule has 8 nitrogen and oxygen atoms in total. The maximum Gasteiger partial charge on any atom is 0.301 e. The van der Waals surface area contributed by atoms with E-state index in [1.54, 1.807) is 30.6 Å². The molecule has 5 aromatic rings. The smallest absolute Gasteiger partial charge is 0.301 e. The zero-order chi connectivity index (χ0) is 24.8. The number of rotatable bonds is 5. The number of pyridine rings is 1. The van der Waals surface area contributed by atoms with Crippen LogP contribution in [0.3, 0.4) is 0 Å². The second-order valence-electron chi connectivity index (χ2n) is 8.23. The van der Waals surface area contributed by atoms with Gasteiger partial charge in [0.15, 0.2) is 5.13 Å². The van der Waals surface area contributed by atoms with E-state index in [9.17, 15) is 14.7 Å². The van der Waals surface area contributed by atoms with Crippen molar-refractivity contribution in [1.29, 1.82) is 0 Å². The van der Waals surface area contributed by atoms with Crippen LogP contribution >= 0.6 is 11.3 Å². The van der Waals surface area contributed by atoms with Crippen LogP contribution in [-0.2, 0) is 9.59 Å². The summed E-state index contributed by atoms with van der Waals surface area (Å²) < 4.78 is 6.41. The van der Waals surface area contributed by atoms with Crippen LogP contribution in [0, 0.1) is 0 Å². The number of ether oxygens (including phenoxy) is 1. The van der Waals surface area contributed by atoms with E-state index in [0.29, 0.717) is 34.3 Å². The first-order valence-electron chi connectivity index (χ1n) is 11.4. The van der Waals surface area contributed by atoms with Gasteiger partial charge < -0.3 is 14.8 Å². The Hall–Kier alpha value is -4.50. The lowest BCUT2D eigenvalue weighted by molar-refractivity contribution is -0.132. The molecule has 0 radical (unpaired) electrons. The van der Waals surface area contributed by atoms with Gasteiger partial charge >= 0.3 is 5.91 Å². The minimum atomic E-state index is -0.938. The van der Waals surface area contributed by atoms with Gasteiger partial charge in [-0.05, 0) is 43.3 Å². The number of ketones is 1. The molecule has 0 bridgehead atoms. The molecule has 2 N–H and O–H groups in total. The van der Waals surface area contributed by atoms with E-state index < -0.39 is 17.7 Å². The minimum absolute atomic E-state index is 0.0299. The number of benzene rings is 2. The Morgan fingerprint density at radius 3 is 2.78 bits per heavy atom. The number of fused-ring (bicyclic) bond motifs is 2. The van der Waals surface area contributed by atoms with Gasteiger partial charge in [-0.25, -0.2) is 4.98 Å². The molecule has 178 valence electrons. The Balaban J connectivity index is 1.55. The summed E-state index contributed by atoms with van der Waals surface area (Å²) in [5, 5.41) is 12.5.